The molecule has 1 aliphatic rings. The summed E-state index contributed by atoms with van der Waals surface area (Å²) in [5.74, 6) is 0.636. The van der Waals surface area contributed by atoms with E-state index in [-0.39, 0.29) is 0 Å². The monoisotopic (exact) mass is 238 g/mol. The molecule has 0 aromatic carbocycles. The standard InChI is InChI=1S/C16H18N2/c1-11(2)12-4-3-5-13(10-12)14-6-8-17-16-15(14)7-9-18-16/h5-11H,3-4H2,1-2H3,(H,17,18). The van der Waals surface area contributed by atoms with Crippen molar-refractivity contribution in [3.05, 3.63) is 47.8 Å². The minimum absolute atomic E-state index is 0.636. The van der Waals surface area contributed by atoms with Gasteiger partial charge < -0.3 is 4.98 Å². The first-order valence-electron chi connectivity index (χ1n) is 6.59. The van der Waals surface area contributed by atoms with Gasteiger partial charge in [0.2, 0.25) is 0 Å². The SMILES string of the molecule is CC(C)C1=CC(c2ccnc3[nH]ccc23)=CCC1. The second-order valence-corrected chi connectivity index (χ2v) is 5.17. The molecule has 3 rings (SSSR count). The van der Waals surface area contributed by atoms with Crippen molar-refractivity contribution in [2.45, 2.75) is 26.7 Å². The first kappa shape index (κ1) is 11.3. The van der Waals surface area contributed by atoms with E-state index in [4.69, 9.17) is 0 Å². The summed E-state index contributed by atoms with van der Waals surface area (Å²) >= 11 is 0. The summed E-state index contributed by atoms with van der Waals surface area (Å²) < 4.78 is 0. The van der Waals surface area contributed by atoms with Crippen molar-refractivity contribution in [3.63, 3.8) is 0 Å². The molecule has 2 aromatic rings. The van der Waals surface area contributed by atoms with Gasteiger partial charge in [0.25, 0.3) is 0 Å². The van der Waals surface area contributed by atoms with Crippen molar-refractivity contribution < 1.29 is 0 Å². The molecule has 2 aromatic heterocycles. The number of pyridine rings is 1. The highest BCUT2D eigenvalue weighted by atomic mass is 14.8. The lowest BCUT2D eigenvalue weighted by atomic mass is 9.88. The number of fused-ring (bicyclic) bond motifs is 1. The largest absolute Gasteiger partial charge is 0.346 e. The van der Waals surface area contributed by atoms with Gasteiger partial charge in [-0.2, -0.15) is 0 Å². The van der Waals surface area contributed by atoms with Crippen LogP contribution in [0.5, 0.6) is 0 Å². The first-order chi connectivity index (χ1) is 8.75. The second kappa shape index (κ2) is 4.45. The maximum absolute atomic E-state index is 4.35. The zero-order chi connectivity index (χ0) is 12.5. The van der Waals surface area contributed by atoms with Crippen LogP contribution < -0.4 is 0 Å². The number of aromatic amines is 1. The van der Waals surface area contributed by atoms with Crippen LogP contribution in [0.3, 0.4) is 0 Å². The van der Waals surface area contributed by atoms with Gasteiger partial charge in [-0.1, -0.05) is 31.6 Å². The Kier molecular flexibility index (Phi) is 2.78. The van der Waals surface area contributed by atoms with Crippen molar-refractivity contribution in [2.24, 2.45) is 5.92 Å². The molecule has 2 nitrogen and oxygen atoms in total. The maximum atomic E-state index is 4.35. The smallest absolute Gasteiger partial charge is 0.137 e. The summed E-state index contributed by atoms with van der Waals surface area (Å²) in [5, 5.41) is 1.21. The zero-order valence-electron chi connectivity index (χ0n) is 10.9. The Morgan fingerprint density at radius 1 is 1.28 bits per heavy atom. The van der Waals surface area contributed by atoms with Gasteiger partial charge in [-0.15, -0.1) is 0 Å². The molecule has 0 spiro atoms. The number of nitrogens with one attached hydrogen (secondary N) is 1. The van der Waals surface area contributed by atoms with Gasteiger partial charge in [0.15, 0.2) is 0 Å². The van der Waals surface area contributed by atoms with Gasteiger partial charge >= 0.3 is 0 Å². The highest BCUT2D eigenvalue weighted by molar-refractivity contribution is 5.93. The molecule has 0 saturated carbocycles. The number of aromatic nitrogens is 2. The van der Waals surface area contributed by atoms with E-state index in [1.807, 2.05) is 12.4 Å². The molecule has 1 N–H and O–H groups in total. The normalized spacial score (nSPS) is 15.9. The van der Waals surface area contributed by atoms with Gasteiger partial charge in [0.05, 0.1) is 0 Å². The van der Waals surface area contributed by atoms with Crippen molar-refractivity contribution in [1.29, 1.82) is 0 Å². The summed E-state index contributed by atoms with van der Waals surface area (Å²) in [7, 11) is 0. The fourth-order valence-electron chi connectivity index (χ4n) is 2.58. The fourth-order valence-corrected chi connectivity index (χ4v) is 2.58. The van der Waals surface area contributed by atoms with Crippen LogP contribution in [0.1, 0.15) is 32.3 Å². The molecular formula is C16H18N2. The fraction of sp³-hybridized carbons (Fsp3) is 0.312. The lowest BCUT2D eigenvalue weighted by Gasteiger charge is -2.17. The van der Waals surface area contributed by atoms with Crippen molar-refractivity contribution >= 4 is 16.6 Å². The molecular weight excluding hydrogens is 220 g/mol. The van der Waals surface area contributed by atoms with Crippen molar-refractivity contribution in [2.75, 3.05) is 0 Å². The molecule has 0 bridgehead atoms. The lowest BCUT2D eigenvalue weighted by Crippen LogP contribution is -1.99. The van der Waals surface area contributed by atoms with Crippen LogP contribution in [0.15, 0.2) is 42.3 Å². The average Bonchev–Trinajstić information content (AvgIpc) is 2.87. The Morgan fingerprint density at radius 2 is 2.17 bits per heavy atom. The third-order valence-electron chi connectivity index (χ3n) is 3.65. The highest BCUT2D eigenvalue weighted by Gasteiger charge is 2.12. The minimum Gasteiger partial charge on any atom is -0.346 e. The summed E-state index contributed by atoms with van der Waals surface area (Å²) in [6, 6.07) is 4.22. The van der Waals surface area contributed by atoms with Gasteiger partial charge in [-0.25, -0.2) is 4.98 Å². The number of H-pyrrole nitrogens is 1. The van der Waals surface area contributed by atoms with Crippen LogP contribution in [-0.2, 0) is 0 Å². The van der Waals surface area contributed by atoms with E-state index in [2.05, 4.69) is 48.1 Å². The first-order valence-corrected chi connectivity index (χ1v) is 6.59. The molecule has 2 heteroatoms. The quantitative estimate of drug-likeness (QED) is 0.829. The Bertz CT molecular complexity index is 629. The molecule has 0 radical (unpaired) electrons. The molecule has 92 valence electrons. The predicted octanol–water partition coefficient (Wildman–Crippen LogP) is 4.32. The van der Waals surface area contributed by atoms with E-state index >= 15 is 0 Å². The van der Waals surface area contributed by atoms with Gasteiger partial charge in [-0.05, 0) is 42.0 Å². The van der Waals surface area contributed by atoms with Crippen LogP contribution in [-0.4, -0.2) is 9.97 Å². The van der Waals surface area contributed by atoms with E-state index in [9.17, 15) is 0 Å². The molecule has 0 saturated heterocycles. The molecule has 0 fully saturated rings. The van der Waals surface area contributed by atoms with Gasteiger partial charge in [-0.3, -0.25) is 0 Å². The molecule has 2 heterocycles. The van der Waals surface area contributed by atoms with E-state index < -0.39 is 0 Å². The molecule has 1 aliphatic carbocycles. The van der Waals surface area contributed by atoms with Gasteiger partial charge in [0, 0.05) is 17.8 Å². The predicted molar refractivity (Wildman–Crippen MR) is 76.2 cm³/mol. The molecule has 18 heavy (non-hydrogen) atoms. The van der Waals surface area contributed by atoms with Crippen LogP contribution in [0, 0.1) is 5.92 Å². The van der Waals surface area contributed by atoms with Crippen molar-refractivity contribution in [3.8, 4) is 0 Å². The summed E-state index contributed by atoms with van der Waals surface area (Å²) in [6.07, 6.45) is 10.9. The lowest BCUT2D eigenvalue weighted by molar-refractivity contribution is 0.711. The number of hydrogen-bond donors (Lipinski definition) is 1. The third kappa shape index (κ3) is 1.88. The van der Waals surface area contributed by atoms with E-state index in [0.717, 1.165) is 12.1 Å². The summed E-state index contributed by atoms with van der Waals surface area (Å²) in [6.45, 7) is 4.54. The zero-order valence-corrected chi connectivity index (χ0v) is 10.9. The summed E-state index contributed by atoms with van der Waals surface area (Å²) in [4.78, 5) is 7.52. The average molecular weight is 238 g/mol. The van der Waals surface area contributed by atoms with E-state index in [0.29, 0.717) is 5.92 Å². The Labute approximate surface area is 107 Å². The Morgan fingerprint density at radius 3 is 3.00 bits per heavy atom. The van der Waals surface area contributed by atoms with Crippen LogP contribution in [0.4, 0.5) is 0 Å². The molecule has 0 atom stereocenters. The highest BCUT2D eigenvalue weighted by Crippen LogP contribution is 2.31. The minimum atomic E-state index is 0.636. The van der Waals surface area contributed by atoms with Crippen LogP contribution >= 0.6 is 0 Å². The number of rotatable bonds is 2. The van der Waals surface area contributed by atoms with Crippen molar-refractivity contribution in [1.82, 2.24) is 9.97 Å². The third-order valence-corrected chi connectivity index (χ3v) is 3.65. The molecule has 0 aliphatic heterocycles. The number of allylic oxidation sites excluding steroid dienone is 4. The number of hydrogen-bond acceptors (Lipinski definition) is 1. The Hall–Kier alpha value is -1.83. The summed E-state index contributed by atoms with van der Waals surface area (Å²) in [5.41, 5.74) is 5.16. The Balaban J connectivity index is 2.10. The van der Waals surface area contributed by atoms with Crippen LogP contribution in [0.2, 0.25) is 0 Å². The van der Waals surface area contributed by atoms with Crippen LogP contribution in [0.25, 0.3) is 16.6 Å². The van der Waals surface area contributed by atoms with Gasteiger partial charge in [0.1, 0.15) is 5.65 Å². The van der Waals surface area contributed by atoms with E-state index in [1.54, 1.807) is 5.57 Å². The molecule has 0 unspecified atom stereocenters. The van der Waals surface area contributed by atoms with E-state index in [1.165, 1.54) is 22.9 Å². The molecule has 0 amide bonds. The topological polar surface area (TPSA) is 28.7 Å². The maximum Gasteiger partial charge on any atom is 0.137 e. The second-order valence-electron chi connectivity index (χ2n) is 5.17. The number of nitrogens with zero attached hydrogens (tertiary/aromatic N) is 1.